The molecule has 2 fully saturated rings. The number of hydrogen-bond acceptors (Lipinski definition) is 5. The Kier molecular flexibility index (Phi) is 10.3. The van der Waals surface area contributed by atoms with Gasteiger partial charge in [0.05, 0.1) is 6.61 Å². The fourth-order valence-corrected chi connectivity index (χ4v) is 4.27. The predicted octanol–water partition coefficient (Wildman–Crippen LogP) is 2.62. The maximum atomic E-state index is 13.3. The number of ether oxygens (including phenoxy) is 1. The number of likely N-dealkylation sites (tertiary alicyclic amines) is 1. The number of nitrogens with one attached hydrogen (secondary N) is 1. The minimum atomic E-state index is -0.00442. The predicted molar refractivity (Wildman–Crippen MR) is 127 cm³/mol. The van der Waals surface area contributed by atoms with E-state index in [2.05, 4.69) is 17.1 Å². The molecule has 1 aromatic rings. The highest BCUT2D eigenvalue weighted by atomic mass is 16.5. The van der Waals surface area contributed by atoms with Crippen LogP contribution in [0, 0.1) is 0 Å². The van der Waals surface area contributed by atoms with Crippen molar-refractivity contribution in [3.8, 4) is 5.75 Å². The van der Waals surface area contributed by atoms with Gasteiger partial charge in [-0.3, -0.25) is 9.59 Å². The minimum absolute atomic E-state index is 0.00442. The largest absolute Gasteiger partial charge is 0.494 e. The molecule has 0 spiro atoms. The molecule has 3 rings (SSSR count). The van der Waals surface area contributed by atoms with Gasteiger partial charge in [-0.25, -0.2) is 0 Å². The fourth-order valence-electron chi connectivity index (χ4n) is 4.27. The summed E-state index contributed by atoms with van der Waals surface area (Å²) in [4.78, 5) is 32.2. The van der Waals surface area contributed by atoms with Crippen LogP contribution in [0.3, 0.4) is 0 Å². The van der Waals surface area contributed by atoms with Gasteiger partial charge in [0.1, 0.15) is 5.75 Å². The number of unbranched alkanes of at least 4 members (excludes halogenated alkanes) is 1. The average Bonchev–Trinajstić information content (AvgIpc) is 2.85. The first-order chi connectivity index (χ1) is 15.7. The van der Waals surface area contributed by atoms with Crippen LogP contribution in [0.2, 0.25) is 0 Å². The summed E-state index contributed by atoms with van der Waals surface area (Å²) in [5, 5.41) is 3.28. The van der Waals surface area contributed by atoms with Crippen molar-refractivity contribution in [2.45, 2.75) is 45.4 Å². The Morgan fingerprint density at radius 1 is 1.00 bits per heavy atom. The van der Waals surface area contributed by atoms with E-state index in [9.17, 15) is 9.59 Å². The molecule has 2 aliphatic rings. The maximum absolute atomic E-state index is 13.3. The summed E-state index contributed by atoms with van der Waals surface area (Å²) >= 11 is 0. The Hall–Kier alpha value is -2.12. The SMILES string of the molecule is CCCCOc1ccc(C(=O)N(CCC(=O)N2CCNCC2)CCN2CCCCC2)cc1. The lowest BCUT2D eigenvalue weighted by Crippen LogP contribution is -2.47. The van der Waals surface area contributed by atoms with E-state index in [0.717, 1.165) is 64.4 Å². The summed E-state index contributed by atoms with van der Waals surface area (Å²) in [6.07, 6.45) is 6.25. The van der Waals surface area contributed by atoms with Gasteiger partial charge in [0.2, 0.25) is 5.91 Å². The van der Waals surface area contributed by atoms with Crippen LogP contribution in [-0.4, -0.2) is 92.0 Å². The lowest BCUT2D eigenvalue weighted by molar-refractivity contribution is -0.131. The zero-order valence-corrected chi connectivity index (χ0v) is 19.7. The molecule has 7 nitrogen and oxygen atoms in total. The van der Waals surface area contributed by atoms with E-state index < -0.39 is 0 Å². The van der Waals surface area contributed by atoms with Crippen LogP contribution in [0.25, 0.3) is 0 Å². The summed E-state index contributed by atoms with van der Waals surface area (Å²) in [6.45, 7) is 10.2. The second-order valence-corrected chi connectivity index (χ2v) is 8.80. The molecule has 0 bridgehead atoms. The van der Waals surface area contributed by atoms with Gasteiger partial charge in [-0.2, -0.15) is 0 Å². The highest BCUT2D eigenvalue weighted by Crippen LogP contribution is 2.15. The number of carbonyl (C=O) groups excluding carboxylic acids is 2. The first kappa shape index (κ1) is 24.5. The molecule has 1 aromatic carbocycles. The molecule has 178 valence electrons. The van der Waals surface area contributed by atoms with Crippen LogP contribution in [0.1, 0.15) is 55.8 Å². The molecule has 0 radical (unpaired) electrons. The third-order valence-corrected chi connectivity index (χ3v) is 6.36. The van der Waals surface area contributed by atoms with Crippen LogP contribution in [0.15, 0.2) is 24.3 Å². The lowest BCUT2D eigenvalue weighted by Gasteiger charge is -2.31. The summed E-state index contributed by atoms with van der Waals surface area (Å²) in [5.74, 6) is 0.931. The Balaban J connectivity index is 1.59. The van der Waals surface area contributed by atoms with Crippen molar-refractivity contribution < 1.29 is 14.3 Å². The summed E-state index contributed by atoms with van der Waals surface area (Å²) in [5.41, 5.74) is 0.654. The molecule has 32 heavy (non-hydrogen) atoms. The van der Waals surface area contributed by atoms with Crippen LogP contribution in [0.5, 0.6) is 5.75 Å². The van der Waals surface area contributed by atoms with Crippen molar-refractivity contribution in [1.29, 1.82) is 0 Å². The van der Waals surface area contributed by atoms with Gasteiger partial charge in [-0.15, -0.1) is 0 Å². The second kappa shape index (κ2) is 13.4. The topological polar surface area (TPSA) is 65.1 Å². The van der Waals surface area contributed by atoms with Crippen molar-refractivity contribution in [3.05, 3.63) is 29.8 Å². The molecule has 1 N–H and O–H groups in total. The summed E-state index contributed by atoms with van der Waals surface area (Å²) in [6, 6.07) is 7.43. The number of nitrogens with zero attached hydrogens (tertiary/aromatic N) is 3. The zero-order chi connectivity index (χ0) is 22.6. The molecule has 2 saturated heterocycles. The smallest absolute Gasteiger partial charge is 0.253 e. The van der Waals surface area contributed by atoms with Gasteiger partial charge < -0.3 is 24.8 Å². The number of benzene rings is 1. The van der Waals surface area contributed by atoms with E-state index in [4.69, 9.17) is 4.74 Å². The van der Waals surface area contributed by atoms with E-state index in [1.54, 1.807) is 0 Å². The molecule has 0 unspecified atom stereocenters. The van der Waals surface area contributed by atoms with E-state index >= 15 is 0 Å². The van der Waals surface area contributed by atoms with Crippen LogP contribution < -0.4 is 10.1 Å². The van der Waals surface area contributed by atoms with E-state index in [0.29, 0.717) is 31.7 Å². The molecule has 7 heteroatoms. The Labute approximate surface area is 193 Å². The van der Waals surface area contributed by atoms with E-state index in [-0.39, 0.29) is 11.8 Å². The molecule has 2 amide bonds. The van der Waals surface area contributed by atoms with Crippen LogP contribution in [0.4, 0.5) is 0 Å². The average molecular weight is 445 g/mol. The third-order valence-electron chi connectivity index (χ3n) is 6.36. The molecule has 0 saturated carbocycles. The highest BCUT2D eigenvalue weighted by molar-refractivity contribution is 5.94. The zero-order valence-electron chi connectivity index (χ0n) is 19.7. The lowest BCUT2D eigenvalue weighted by atomic mass is 10.1. The van der Waals surface area contributed by atoms with E-state index in [1.165, 1.54) is 19.3 Å². The molecule has 0 aromatic heterocycles. The standard InChI is InChI=1S/C25H40N4O3/c1-2-3-21-32-23-9-7-22(8-10-23)25(31)29(20-19-27-14-5-4-6-15-27)16-11-24(30)28-17-12-26-13-18-28/h7-10,26H,2-6,11-21H2,1H3. The monoisotopic (exact) mass is 444 g/mol. The van der Waals surface area contributed by atoms with Gasteiger partial charge >= 0.3 is 0 Å². The van der Waals surface area contributed by atoms with Crippen molar-refractivity contribution in [2.24, 2.45) is 0 Å². The van der Waals surface area contributed by atoms with E-state index in [1.807, 2.05) is 34.1 Å². The highest BCUT2D eigenvalue weighted by Gasteiger charge is 2.21. The number of rotatable bonds is 11. The van der Waals surface area contributed by atoms with Gasteiger partial charge in [0.15, 0.2) is 0 Å². The summed E-state index contributed by atoms with van der Waals surface area (Å²) in [7, 11) is 0. The molecule has 0 aliphatic carbocycles. The maximum Gasteiger partial charge on any atom is 0.253 e. The van der Waals surface area contributed by atoms with Gasteiger partial charge in [-0.05, 0) is 56.6 Å². The first-order valence-corrected chi connectivity index (χ1v) is 12.4. The number of piperidine rings is 1. The van der Waals surface area contributed by atoms with Crippen molar-refractivity contribution >= 4 is 11.8 Å². The van der Waals surface area contributed by atoms with Crippen molar-refractivity contribution in [3.63, 3.8) is 0 Å². The molecular weight excluding hydrogens is 404 g/mol. The molecule has 2 aliphatic heterocycles. The summed E-state index contributed by atoms with van der Waals surface area (Å²) < 4.78 is 5.73. The Bertz CT molecular complexity index is 698. The normalized spacial score (nSPS) is 17.2. The first-order valence-electron chi connectivity index (χ1n) is 12.4. The fraction of sp³-hybridized carbons (Fsp3) is 0.680. The Morgan fingerprint density at radius 2 is 1.72 bits per heavy atom. The number of amides is 2. The molecular formula is C25H40N4O3. The van der Waals surface area contributed by atoms with Crippen molar-refractivity contribution in [2.75, 3.05) is 65.5 Å². The van der Waals surface area contributed by atoms with Crippen LogP contribution in [-0.2, 0) is 4.79 Å². The van der Waals surface area contributed by atoms with Gasteiger partial charge in [-0.1, -0.05) is 19.8 Å². The second-order valence-electron chi connectivity index (χ2n) is 8.80. The molecule has 0 atom stereocenters. The minimum Gasteiger partial charge on any atom is -0.494 e. The van der Waals surface area contributed by atoms with Crippen LogP contribution >= 0.6 is 0 Å². The quantitative estimate of drug-likeness (QED) is 0.532. The number of hydrogen-bond donors (Lipinski definition) is 1. The number of piperazine rings is 1. The molecule has 2 heterocycles. The van der Waals surface area contributed by atoms with Gasteiger partial charge in [0.25, 0.3) is 5.91 Å². The third kappa shape index (κ3) is 7.78. The number of carbonyl (C=O) groups is 2. The van der Waals surface area contributed by atoms with Gasteiger partial charge in [0, 0.05) is 57.8 Å². The Morgan fingerprint density at radius 3 is 2.41 bits per heavy atom. The van der Waals surface area contributed by atoms with Crippen molar-refractivity contribution in [1.82, 2.24) is 20.0 Å².